The van der Waals surface area contributed by atoms with Crippen molar-refractivity contribution >= 4 is 0 Å². The lowest BCUT2D eigenvalue weighted by Crippen LogP contribution is -2.41. The molecule has 94 valence electrons. The van der Waals surface area contributed by atoms with Crippen molar-refractivity contribution in [1.82, 2.24) is 10.2 Å². The van der Waals surface area contributed by atoms with Crippen LogP contribution < -0.4 is 5.32 Å². The van der Waals surface area contributed by atoms with Gasteiger partial charge < -0.3 is 15.3 Å². The molecule has 2 N–H and O–H groups in total. The van der Waals surface area contributed by atoms with Crippen LogP contribution in [0.3, 0.4) is 0 Å². The van der Waals surface area contributed by atoms with Crippen molar-refractivity contribution in [2.75, 3.05) is 26.2 Å². The fourth-order valence-electron chi connectivity index (χ4n) is 3.06. The number of nitrogens with zero attached hydrogens (tertiary/aromatic N) is 1. The first-order chi connectivity index (χ1) is 7.75. The van der Waals surface area contributed by atoms with E-state index >= 15 is 0 Å². The van der Waals surface area contributed by atoms with Crippen LogP contribution in [0.15, 0.2) is 0 Å². The van der Waals surface area contributed by atoms with Gasteiger partial charge in [0, 0.05) is 19.1 Å². The van der Waals surface area contributed by atoms with Gasteiger partial charge in [-0.1, -0.05) is 13.3 Å². The Hall–Kier alpha value is -0.120. The Balaban J connectivity index is 1.61. The molecule has 1 saturated heterocycles. The molecule has 3 heteroatoms. The third-order valence-corrected chi connectivity index (χ3v) is 4.14. The molecule has 0 spiro atoms. The molecular weight excluding hydrogens is 200 g/mol. The minimum atomic E-state index is -0.189. The zero-order chi connectivity index (χ0) is 11.4. The predicted octanol–water partition coefficient (Wildman–Crippen LogP) is 1.22. The van der Waals surface area contributed by atoms with Gasteiger partial charge in [0.15, 0.2) is 0 Å². The molecule has 3 nitrogen and oxygen atoms in total. The van der Waals surface area contributed by atoms with E-state index in [4.69, 9.17) is 0 Å². The Morgan fingerprint density at radius 2 is 2.00 bits per heavy atom. The second kappa shape index (κ2) is 5.99. The highest BCUT2D eigenvalue weighted by molar-refractivity contribution is 4.81. The molecule has 3 unspecified atom stereocenters. The topological polar surface area (TPSA) is 35.5 Å². The van der Waals surface area contributed by atoms with E-state index in [9.17, 15) is 5.11 Å². The van der Waals surface area contributed by atoms with Gasteiger partial charge in [-0.2, -0.15) is 0 Å². The summed E-state index contributed by atoms with van der Waals surface area (Å²) >= 11 is 0. The van der Waals surface area contributed by atoms with E-state index in [1.165, 1.54) is 45.2 Å². The quantitative estimate of drug-likeness (QED) is 0.740. The number of hydrogen-bond acceptors (Lipinski definition) is 3. The Kier molecular flexibility index (Phi) is 4.62. The van der Waals surface area contributed by atoms with Crippen LogP contribution in [0.2, 0.25) is 0 Å². The molecule has 1 aliphatic heterocycles. The summed E-state index contributed by atoms with van der Waals surface area (Å²) in [5.74, 6) is 0.791. The lowest BCUT2D eigenvalue weighted by molar-refractivity contribution is 0.119. The normalized spacial score (nSPS) is 33.4. The molecule has 0 amide bonds. The standard InChI is InChI=1S/C13H26N2O/c1-11-5-4-6-13(11)14-9-12(16)10-15-7-2-3-8-15/h11-14,16H,2-10H2,1H3. The number of nitrogens with one attached hydrogen (secondary N) is 1. The molecule has 0 radical (unpaired) electrons. The van der Waals surface area contributed by atoms with Crippen LogP contribution in [0.25, 0.3) is 0 Å². The van der Waals surface area contributed by atoms with Gasteiger partial charge in [0.25, 0.3) is 0 Å². The van der Waals surface area contributed by atoms with Crippen LogP contribution in [-0.2, 0) is 0 Å². The maximum absolute atomic E-state index is 9.95. The summed E-state index contributed by atoms with van der Waals surface area (Å²) in [7, 11) is 0. The molecule has 1 saturated carbocycles. The van der Waals surface area contributed by atoms with Gasteiger partial charge in [0.2, 0.25) is 0 Å². The largest absolute Gasteiger partial charge is 0.390 e. The molecule has 16 heavy (non-hydrogen) atoms. The monoisotopic (exact) mass is 226 g/mol. The van der Waals surface area contributed by atoms with E-state index in [1.54, 1.807) is 0 Å². The Morgan fingerprint density at radius 3 is 2.62 bits per heavy atom. The van der Waals surface area contributed by atoms with E-state index in [1.807, 2.05) is 0 Å². The molecule has 3 atom stereocenters. The Labute approximate surface area is 99.2 Å². The first kappa shape index (κ1) is 12.3. The number of likely N-dealkylation sites (tertiary alicyclic amines) is 1. The summed E-state index contributed by atoms with van der Waals surface area (Å²) in [4.78, 5) is 2.38. The van der Waals surface area contributed by atoms with Crippen LogP contribution >= 0.6 is 0 Å². The molecule has 2 fully saturated rings. The molecule has 1 heterocycles. The van der Waals surface area contributed by atoms with Crippen LogP contribution in [0.4, 0.5) is 0 Å². The van der Waals surface area contributed by atoms with Crippen molar-refractivity contribution in [1.29, 1.82) is 0 Å². The van der Waals surface area contributed by atoms with E-state index < -0.39 is 0 Å². The van der Waals surface area contributed by atoms with E-state index in [0.717, 1.165) is 19.0 Å². The van der Waals surface area contributed by atoms with Gasteiger partial charge in [-0.05, 0) is 44.7 Å². The molecule has 1 aliphatic carbocycles. The maximum Gasteiger partial charge on any atom is 0.0791 e. The average molecular weight is 226 g/mol. The number of β-amino-alcohol motifs (C(OH)–C–C–N with tert-alkyl or cyclic N) is 1. The molecule has 0 bridgehead atoms. The van der Waals surface area contributed by atoms with Crippen molar-refractivity contribution in [2.24, 2.45) is 5.92 Å². The van der Waals surface area contributed by atoms with Crippen LogP contribution in [0.1, 0.15) is 39.0 Å². The molecule has 0 aromatic rings. The van der Waals surface area contributed by atoms with Crippen LogP contribution in [-0.4, -0.2) is 48.3 Å². The maximum atomic E-state index is 9.95. The molecule has 2 rings (SSSR count). The summed E-state index contributed by atoms with van der Waals surface area (Å²) in [5.41, 5.74) is 0. The predicted molar refractivity (Wildman–Crippen MR) is 66.5 cm³/mol. The van der Waals surface area contributed by atoms with Gasteiger partial charge in [-0.15, -0.1) is 0 Å². The number of hydrogen-bond donors (Lipinski definition) is 2. The van der Waals surface area contributed by atoms with Crippen LogP contribution in [0, 0.1) is 5.92 Å². The Morgan fingerprint density at radius 1 is 1.25 bits per heavy atom. The van der Waals surface area contributed by atoms with Crippen molar-refractivity contribution < 1.29 is 5.11 Å². The SMILES string of the molecule is CC1CCCC1NCC(O)CN1CCCC1. The Bertz CT molecular complexity index is 204. The highest BCUT2D eigenvalue weighted by atomic mass is 16.3. The fraction of sp³-hybridized carbons (Fsp3) is 1.00. The molecule has 0 aromatic heterocycles. The first-order valence-electron chi connectivity index (χ1n) is 6.89. The minimum Gasteiger partial charge on any atom is -0.390 e. The number of rotatable bonds is 5. The lowest BCUT2D eigenvalue weighted by Gasteiger charge is -2.23. The lowest BCUT2D eigenvalue weighted by atomic mass is 10.1. The second-order valence-corrected chi connectivity index (χ2v) is 5.58. The van der Waals surface area contributed by atoms with Crippen LogP contribution in [0.5, 0.6) is 0 Å². The zero-order valence-electron chi connectivity index (χ0n) is 10.5. The summed E-state index contributed by atoms with van der Waals surface area (Å²) in [6.45, 7) is 6.30. The third-order valence-electron chi connectivity index (χ3n) is 4.14. The highest BCUT2D eigenvalue weighted by Gasteiger charge is 2.23. The first-order valence-corrected chi connectivity index (χ1v) is 6.89. The number of aliphatic hydroxyl groups is 1. The van der Waals surface area contributed by atoms with Gasteiger partial charge in [0.1, 0.15) is 0 Å². The smallest absolute Gasteiger partial charge is 0.0791 e. The van der Waals surface area contributed by atoms with Gasteiger partial charge in [-0.25, -0.2) is 0 Å². The van der Waals surface area contributed by atoms with Crippen molar-refractivity contribution in [3.05, 3.63) is 0 Å². The summed E-state index contributed by atoms with van der Waals surface area (Å²) in [6, 6.07) is 0.647. The third kappa shape index (κ3) is 3.44. The minimum absolute atomic E-state index is 0.189. The highest BCUT2D eigenvalue weighted by Crippen LogP contribution is 2.24. The molecular formula is C13H26N2O. The molecule has 2 aliphatic rings. The second-order valence-electron chi connectivity index (χ2n) is 5.58. The van der Waals surface area contributed by atoms with E-state index in [-0.39, 0.29) is 6.10 Å². The van der Waals surface area contributed by atoms with E-state index in [2.05, 4.69) is 17.1 Å². The van der Waals surface area contributed by atoms with Gasteiger partial charge >= 0.3 is 0 Å². The fourth-order valence-corrected chi connectivity index (χ4v) is 3.06. The summed E-state index contributed by atoms with van der Waals surface area (Å²) in [5, 5.41) is 13.5. The van der Waals surface area contributed by atoms with Gasteiger partial charge in [0.05, 0.1) is 6.10 Å². The molecule has 0 aromatic carbocycles. The van der Waals surface area contributed by atoms with Crippen molar-refractivity contribution in [3.8, 4) is 0 Å². The number of aliphatic hydroxyl groups excluding tert-OH is 1. The van der Waals surface area contributed by atoms with E-state index in [0.29, 0.717) is 6.04 Å². The van der Waals surface area contributed by atoms with Gasteiger partial charge in [-0.3, -0.25) is 0 Å². The summed E-state index contributed by atoms with van der Waals surface area (Å²) in [6.07, 6.45) is 6.41. The zero-order valence-corrected chi connectivity index (χ0v) is 10.5. The van der Waals surface area contributed by atoms with Crippen molar-refractivity contribution in [2.45, 2.75) is 51.2 Å². The van der Waals surface area contributed by atoms with Crippen molar-refractivity contribution in [3.63, 3.8) is 0 Å². The summed E-state index contributed by atoms with van der Waals surface area (Å²) < 4.78 is 0. The average Bonchev–Trinajstić information content (AvgIpc) is 2.87.